The lowest BCUT2D eigenvalue weighted by Gasteiger charge is -2.09. The van der Waals surface area contributed by atoms with Crippen LogP contribution in [-0.2, 0) is 0 Å². The molecule has 1 rings (SSSR count). The zero-order chi connectivity index (χ0) is 10.0. The first-order valence-corrected chi connectivity index (χ1v) is 5.29. The van der Waals surface area contributed by atoms with Crippen LogP contribution < -0.4 is 0 Å². The van der Waals surface area contributed by atoms with E-state index in [1.807, 2.05) is 0 Å². The van der Waals surface area contributed by atoms with Crippen molar-refractivity contribution in [1.29, 1.82) is 0 Å². The molecule has 0 aliphatic heterocycles. The topological polar surface area (TPSA) is 0 Å². The van der Waals surface area contributed by atoms with E-state index in [0.29, 0.717) is 0 Å². The Labute approximate surface area is 97.7 Å². The van der Waals surface area contributed by atoms with Crippen molar-refractivity contribution in [3.05, 3.63) is 41.8 Å². The lowest BCUT2D eigenvalue weighted by Crippen LogP contribution is -1.91. The van der Waals surface area contributed by atoms with Gasteiger partial charge < -0.3 is 0 Å². The number of alkyl halides is 4. The highest BCUT2D eigenvalue weighted by atomic mass is 35.5. The van der Waals surface area contributed by atoms with E-state index in [1.54, 1.807) is 18.2 Å². The smallest absolute Gasteiger partial charge is 0.100 e. The minimum Gasteiger partial charge on any atom is -0.100 e. The minimum atomic E-state index is -0.598. The molecule has 0 aliphatic rings. The molecule has 0 aliphatic carbocycles. The third-order valence-corrected chi connectivity index (χ3v) is 2.63. The molecular weight excluding hydrogens is 250 g/mol. The molecule has 0 unspecified atom stereocenters. The largest absolute Gasteiger partial charge is 0.133 e. The Balaban J connectivity index is 3.11. The van der Waals surface area contributed by atoms with Crippen molar-refractivity contribution in [2.24, 2.45) is 0 Å². The molecule has 0 aromatic heterocycles. The van der Waals surface area contributed by atoms with Crippen LogP contribution in [0.25, 0.3) is 0 Å². The Morgan fingerprint density at radius 2 is 1.62 bits per heavy atom. The lowest BCUT2D eigenvalue weighted by atomic mass is 10.1. The summed E-state index contributed by atoms with van der Waals surface area (Å²) in [4.78, 5) is -1.16. The Morgan fingerprint density at radius 3 is 2.08 bits per heavy atom. The van der Waals surface area contributed by atoms with Crippen molar-refractivity contribution in [3.8, 4) is 0 Å². The Kier molecular flexibility index (Phi) is 4.18. The Hall–Kier alpha value is 0.380. The highest BCUT2D eigenvalue weighted by Gasteiger charge is 2.10. The highest BCUT2D eigenvalue weighted by Crippen LogP contribution is 2.32. The molecule has 13 heavy (non-hydrogen) atoms. The first kappa shape index (κ1) is 11.5. The summed E-state index contributed by atoms with van der Waals surface area (Å²) in [6, 6.07) is 5.35. The zero-order valence-electron chi connectivity index (χ0n) is 6.61. The first-order valence-electron chi connectivity index (χ1n) is 3.54. The van der Waals surface area contributed by atoms with Gasteiger partial charge in [0.1, 0.15) is 9.67 Å². The summed E-state index contributed by atoms with van der Waals surface area (Å²) in [6.45, 7) is 3.79. The second-order valence-corrected chi connectivity index (χ2v) is 4.75. The number of benzene rings is 1. The van der Waals surface area contributed by atoms with E-state index in [9.17, 15) is 0 Å². The third-order valence-electron chi connectivity index (χ3n) is 1.66. The molecule has 71 valence electrons. The van der Waals surface area contributed by atoms with Gasteiger partial charge in [0.25, 0.3) is 0 Å². The first-order chi connectivity index (χ1) is 6.02. The van der Waals surface area contributed by atoms with Crippen LogP contribution >= 0.6 is 46.4 Å². The molecule has 0 atom stereocenters. The van der Waals surface area contributed by atoms with E-state index in [-0.39, 0.29) is 0 Å². The van der Waals surface area contributed by atoms with Gasteiger partial charge in [-0.05, 0) is 23.6 Å². The molecule has 0 heterocycles. The van der Waals surface area contributed by atoms with Crippen molar-refractivity contribution >= 4 is 46.4 Å². The summed E-state index contributed by atoms with van der Waals surface area (Å²) >= 11 is 22.8. The van der Waals surface area contributed by atoms with Crippen LogP contribution in [0.3, 0.4) is 0 Å². The maximum Gasteiger partial charge on any atom is 0.133 e. The summed E-state index contributed by atoms with van der Waals surface area (Å²) in [5, 5.41) is 0. The van der Waals surface area contributed by atoms with Gasteiger partial charge in [0.05, 0.1) is 0 Å². The van der Waals surface area contributed by atoms with Gasteiger partial charge in [-0.1, -0.05) is 18.2 Å². The van der Waals surface area contributed by atoms with Gasteiger partial charge in [-0.15, -0.1) is 46.4 Å². The van der Waals surface area contributed by atoms with E-state index in [0.717, 1.165) is 16.7 Å². The average molecular weight is 257 g/mol. The zero-order valence-corrected chi connectivity index (χ0v) is 9.63. The summed E-state index contributed by atoms with van der Waals surface area (Å²) in [5.41, 5.74) is 2.30. The van der Waals surface area contributed by atoms with Gasteiger partial charge in [0, 0.05) is 0 Å². The van der Waals surface area contributed by atoms with Gasteiger partial charge in [0.2, 0.25) is 0 Å². The molecule has 1 aromatic rings. The van der Waals surface area contributed by atoms with Crippen molar-refractivity contribution < 1.29 is 0 Å². The maximum atomic E-state index is 5.72. The van der Waals surface area contributed by atoms with E-state index in [1.165, 1.54) is 0 Å². The van der Waals surface area contributed by atoms with Crippen molar-refractivity contribution in [1.82, 2.24) is 0 Å². The molecule has 0 saturated heterocycles. The third kappa shape index (κ3) is 2.92. The normalized spacial score (nSPS) is 11.3. The second kappa shape index (κ2) is 4.75. The predicted molar refractivity (Wildman–Crippen MR) is 59.8 cm³/mol. The fourth-order valence-electron chi connectivity index (χ4n) is 0.952. The standard InChI is InChI=1S/C9H7Cl4/c1-5-2-3-6(8(10)11)4-7(5)9(12)13/h2-4,8-9H,1H2. The summed E-state index contributed by atoms with van der Waals surface area (Å²) < 4.78 is 0. The maximum absolute atomic E-state index is 5.72. The lowest BCUT2D eigenvalue weighted by molar-refractivity contribution is 1.25. The van der Waals surface area contributed by atoms with Gasteiger partial charge in [-0.2, -0.15) is 0 Å². The monoisotopic (exact) mass is 255 g/mol. The Bertz CT molecular complexity index is 294. The van der Waals surface area contributed by atoms with Crippen LogP contribution in [0.2, 0.25) is 0 Å². The molecular formula is C9H7Cl4. The minimum absolute atomic E-state index is 0.563. The average Bonchev–Trinajstić information content (AvgIpc) is 2.04. The number of hydrogen-bond acceptors (Lipinski definition) is 0. The Morgan fingerprint density at radius 1 is 1.00 bits per heavy atom. The van der Waals surface area contributed by atoms with E-state index >= 15 is 0 Å². The summed E-state index contributed by atoms with van der Waals surface area (Å²) in [7, 11) is 0. The molecule has 4 heteroatoms. The summed E-state index contributed by atoms with van der Waals surface area (Å²) in [5.74, 6) is 0. The van der Waals surface area contributed by atoms with Crippen LogP contribution in [0.4, 0.5) is 0 Å². The molecule has 0 amide bonds. The van der Waals surface area contributed by atoms with E-state index in [4.69, 9.17) is 46.4 Å². The van der Waals surface area contributed by atoms with Crippen molar-refractivity contribution in [2.45, 2.75) is 9.67 Å². The second-order valence-electron chi connectivity index (χ2n) is 2.56. The van der Waals surface area contributed by atoms with Gasteiger partial charge in [-0.3, -0.25) is 0 Å². The fourth-order valence-corrected chi connectivity index (χ4v) is 1.63. The summed E-state index contributed by atoms with van der Waals surface area (Å²) in [6.07, 6.45) is 0. The highest BCUT2D eigenvalue weighted by molar-refractivity contribution is 6.45. The van der Waals surface area contributed by atoms with Crippen LogP contribution in [0.5, 0.6) is 0 Å². The van der Waals surface area contributed by atoms with Crippen LogP contribution in [0.1, 0.15) is 26.4 Å². The van der Waals surface area contributed by atoms with Crippen LogP contribution in [0.15, 0.2) is 18.2 Å². The van der Waals surface area contributed by atoms with Gasteiger partial charge in [0.15, 0.2) is 0 Å². The molecule has 0 saturated carbocycles. The molecule has 0 fully saturated rings. The van der Waals surface area contributed by atoms with Crippen LogP contribution in [-0.4, -0.2) is 0 Å². The predicted octanol–water partition coefficient (Wildman–Crippen LogP) is 4.82. The molecule has 0 nitrogen and oxygen atoms in total. The molecule has 0 spiro atoms. The quantitative estimate of drug-likeness (QED) is 0.666. The number of rotatable bonds is 2. The van der Waals surface area contributed by atoms with Crippen molar-refractivity contribution in [3.63, 3.8) is 0 Å². The van der Waals surface area contributed by atoms with Crippen molar-refractivity contribution in [2.75, 3.05) is 0 Å². The van der Waals surface area contributed by atoms with Gasteiger partial charge in [-0.25, -0.2) is 0 Å². The number of halogens is 4. The fraction of sp³-hybridized carbons (Fsp3) is 0.222. The molecule has 0 bridgehead atoms. The van der Waals surface area contributed by atoms with Gasteiger partial charge >= 0.3 is 0 Å². The molecule has 0 N–H and O–H groups in total. The molecule has 1 radical (unpaired) electrons. The van der Waals surface area contributed by atoms with E-state index < -0.39 is 9.67 Å². The van der Waals surface area contributed by atoms with Crippen LogP contribution in [0, 0.1) is 6.92 Å². The SMILES string of the molecule is [CH2]c1ccc(C(Cl)Cl)cc1C(Cl)Cl. The van der Waals surface area contributed by atoms with E-state index in [2.05, 4.69) is 6.92 Å². The molecule has 1 aromatic carbocycles. The number of hydrogen-bond donors (Lipinski definition) is 0.